The predicted molar refractivity (Wildman–Crippen MR) is 83.9 cm³/mol. The lowest BCUT2D eigenvalue weighted by atomic mass is 10.2. The molecule has 2 rings (SSSR count). The van der Waals surface area contributed by atoms with Gasteiger partial charge in [-0.05, 0) is 44.0 Å². The first-order valence-corrected chi connectivity index (χ1v) is 7.87. The van der Waals surface area contributed by atoms with Gasteiger partial charge in [0, 0.05) is 16.6 Å². The number of nitrogens with one attached hydrogen (secondary N) is 1. The zero-order valence-electron chi connectivity index (χ0n) is 10.1. The number of halogens is 2. The Morgan fingerprint density at radius 3 is 2.74 bits per heavy atom. The van der Waals surface area contributed by atoms with E-state index in [-0.39, 0.29) is 5.91 Å². The molecule has 1 aromatic heterocycles. The lowest BCUT2D eigenvalue weighted by Gasteiger charge is -2.08. The molecule has 6 heteroatoms. The Balaban J connectivity index is 2.04. The third kappa shape index (κ3) is 3.58. The van der Waals surface area contributed by atoms with Crippen molar-refractivity contribution in [1.29, 1.82) is 0 Å². The fraction of sp³-hybridized carbons (Fsp3) is 0.154. The average Bonchev–Trinajstić information content (AvgIpc) is 2.76. The van der Waals surface area contributed by atoms with Gasteiger partial charge in [-0.15, -0.1) is 11.3 Å². The molecule has 0 fully saturated rings. The fourth-order valence-electron chi connectivity index (χ4n) is 1.57. The second kappa shape index (κ2) is 6.54. The molecule has 0 bridgehead atoms. The van der Waals surface area contributed by atoms with E-state index in [1.54, 1.807) is 13.2 Å². The Hall–Kier alpha value is -0.850. The standard InChI is InChI=1S/C13H11Br2NO2S/c1-18-10-5-3-2-4-8(10)7-16-13(17)11-6-9(14)12(15)19-11/h2-6H,7H2,1H3,(H,16,17). The number of ether oxygens (including phenoxy) is 1. The Morgan fingerprint density at radius 2 is 2.11 bits per heavy atom. The maximum atomic E-state index is 12.0. The molecule has 0 unspecified atom stereocenters. The number of carbonyl (C=O) groups is 1. The van der Waals surface area contributed by atoms with Gasteiger partial charge >= 0.3 is 0 Å². The highest BCUT2D eigenvalue weighted by atomic mass is 79.9. The summed E-state index contributed by atoms with van der Waals surface area (Å²) in [6.45, 7) is 0.440. The number of rotatable bonds is 4. The van der Waals surface area contributed by atoms with Crippen LogP contribution in [0.25, 0.3) is 0 Å². The number of hydrogen-bond donors (Lipinski definition) is 1. The summed E-state index contributed by atoms with van der Waals surface area (Å²) in [4.78, 5) is 12.7. The van der Waals surface area contributed by atoms with E-state index >= 15 is 0 Å². The molecule has 0 spiro atoms. The molecule has 100 valence electrons. The molecule has 0 atom stereocenters. The Morgan fingerprint density at radius 1 is 1.37 bits per heavy atom. The molecule has 1 N–H and O–H groups in total. The molecule has 2 aromatic rings. The summed E-state index contributed by atoms with van der Waals surface area (Å²) >= 11 is 8.14. The van der Waals surface area contributed by atoms with Gasteiger partial charge in [0.15, 0.2) is 0 Å². The first-order valence-electron chi connectivity index (χ1n) is 5.46. The highest BCUT2D eigenvalue weighted by Crippen LogP contribution is 2.32. The zero-order valence-corrected chi connectivity index (χ0v) is 14.1. The topological polar surface area (TPSA) is 38.3 Å². The molecular formula is C13H11Br2NO2S. The molecule has 0 radical (unpaired) electrons. The van der Waals surface area contributed by atoms with Gasteiger partial charge in [0.25, 0.3) is 5.91 Å². The maximum absolute atomic E-state index is 12.0. The van der Waals surface area contributed by atoms with Crippen LogP contribution < -0.4 is 10.1 Å². The van der Waals surface area contributed by atoms with Gasteiger partial charge in [0.05, 0.1) is 15.8 Å². The lowest BCUT2D eigenvalue weighted by Crippen LogP contribution is -2.22. The van der Waals surface area contributed by atoms with E-state index < -0.39 is 0 Å². The third-order valence-corrected chi connectivity index (χ3v) is 5.76. The molecule has 0 saturated carbocycles. The van der Waals surface area contributed by atoms with Crippen molar-refractivity contribution in [3.63, 3.8) is 0 Å². The number of hydrogen-bond acceptors (Lipinski definition) is 3. The van der Waals surface area contributed by atoms with E-state index in [1.165, 1.54) is 11.3 Å². The largest absolute Gasteiger partial charge is 0.496 e. The summed E-state index contributed by atoms with van der Waals surface area (Å²) in [5.74, 6) is 0.679. The van der Waals surface area contributed by atoms with Crippen molar-refractivity contribution in [3.05, 3.63) is 49.0 Å². The fourth-order valence-corrected chi connectivity index (χ4v) is 3.52. The van der Waals surface area contributed by atoms with Crippen LogP contribution in [0, 0.1) is 0 Å². The second-order valence-electron chi connectivity index (χ2n) is 3.73. The molecule has 0 aliphatic heterocycles. The number of benzene rings is 1. The Labute approximate surface area is 132 Å². The highest BCUT2D eigenvalue weighted by molar-refractivity contribution is 9.13. The van der Waals surface area contributed by atoms with Crippen molar-refractivity contribution < 1.29 is 9.53 Å². The number of para-hydroxylation sites is 1. The number of carbonyl (C=O) groups excluding carboxylic acids is 1. The van der Waals surface area contributed by atoms with E-state index in [4.69, 9.17) is 4.74 Å². The van der Waals surface area contributed by atoms with Crippen molar-refractivity contribution in [2.24, 2.45) is 0 Å². The van der Waals surface area contributed by atoms with Crippen LogP contribution in [0.5, 0.6) is 5.75 Å². The predicted octanol–water partition coefficient (Wildman–Crippen LogP) is 4.21. The smallest absolute Gasteiger partial charge is 0.261 e. The van der Waals surface area contributed by atoms with Crippen LogP contribution in [0.1, 0.15) is 15.2 Å². The summed E-state index contributed by atoms with van der Waals surface area (Å²) in [6.07, 6.45) is 0. The molecular weight excluding hydrogens is 394 g/mol. The molecule has 0 aliphatic rings. The quantitative estimate of drug-likeness (QED) is 0.828. The molecule has 3 nitrogen and oxygen atoms in total. The van der Waals surface area contributed by atoms with Crippen LogP contribution in [-0.2, 0) is 6.54 Å². The van der Waals surface area contributed by atoms with Crippen molar-refractivity contribution in [1.82, 2.24) is 5.32 Å². The highest BCUT2D eigenvalue weighted by Gasteiger charge is 2.12. The molecule has 1 aromatic carbocycles. The molecule has 0 aliphatic carbocycles. The Bertz CT molecular complexity index is 579. The van der Waals surface area contributed by atoms with Gasteiger partial charge in [-0.2, -0.15) is 0 Å². The monoisotopic (exact) mass is 403 g/mol. The van der Waals surface area contributed by atoms with Crippen molar-refractivity contribution in [2.45, 2.75) is 6.54 Å². The zero-order chi connectivity index (χ0) is 13.8. The minimum Gasteiger partial charge on any atom is -0.496 e. The van der Waals surface area contributed by atoms with Crippen LogP contribution in [0.15, 0.2) is 38.6 Å². The van der Waals surface area contributed by atoms with Gasteiger partial charge in [-0.3, -0.25) is 4.79 Å². The summed E-state index contributed by atoms with van der Waals surface area (Å²) in [5, 5.41) is 2.88. The van der Waals surface area contributed by atoms with Gasteiger partial charge in [0.2, 0.25) is 0 Å². The molecule has 1 heterocycles. The number of thiophene rings is 1. The van der Waals surface area contributed by atoms with Gasteiger partial charge in [-0.25, -0.2) is 0 Å². The summed E-state index contributed by atoms with van der Waals surface area (Å²) in [5.41, 5.74) is 0.952. The number of amides is 1. The van der Waals surface area contributed by atoms with E-state index in [0.29, 0.717) is 11.4 Å². The maximum Gasteiger partial charge on any atom is 0.261 e. The minimum absolute atomic E-state index is 0.0951. The molecule has 0 saturated heterocycles. The van der Waals surface area contributed by atoms with E-state index in [0.717, 1.165) is 19.6 Å². The Kier molecular flexibility index (Phi) is 5.01. The van der Waals surface area contributed by atoms with Crippen LogP contribution in [0.2, 0.25) is 0 Å². The minimum atomic E-state index is -0.0951. The van der Waals surface area contributed by atoms with Crippen molar-refractivity contribution in [3.8, 4) is 5.75 Å². The summed E-state index contributed by atoms with van der Waals surface area (Å²) in [7, 11) is 1.62. The first-order chi connectivity index (χ1) is 9.11. The lowest BCUT2D eigenvalue weighted by molar-refractivity contribution is 0.0954. The van der Waals surface area contributed by atoms with Crippen LogP contribution in [0.3, 0.4) is 0 Å². The molecule has 19 heavy (non-hydrogen) atoms. The average molecular weight is 405 g/mol. The van der Waals surface area contributed by atoms with Crippen molar-refractivity contribution in [2.75, 3.05) is 7.11 Å². The van der Waals surface area contributed by atoms with Gasteiger partial charge in [0.1, 0.15) is 5.75 Å². The van der Waals surface area contributed by atoms with E-state index in [1.807, 2.05) is 24.3 Å². The third-order valence-electron chi connectivity index (χ3n) is 2.50. The summed E-state index contributed by atoms with van der Waals surface area (Å²) < 4.78 is 7.04. The van der Waals surface area contributed by atoms with E-state index in [2.05, 4.69) is 37.2 Å². The second-order valence-corrected chi connectivity index (χ2v) is 6.95. The normalized spacial score (nSPS) is 10.3. The SMILES string of the molecule is COc1ccccc1CNC(=O)c1cc(Br)c(Br)s1. The number of methoxy groups -OCH3 is 1. The molecule has 1 amide bonds. The van der Waals surface area contributed by atoms with Crippen molar-refractivity contribution >= 4 is 49.1 Å². The van der Waals surface area contributed by atoms with Gasteiger partial charge in [-0.1, -0.05) is 18.2 Å². The van der Waals surface area contributed by atoms with Crippen LogP contribution >= 0.6 is 43.2 Å². The van der Waals surface area contributed by atoms with Gasteiger partial charge < -0.3 is 10.1 Å². The summed E-state index contributed by atoms with van der Waals surface area (Å²) in [6, 6.07) is 9.42. The van der Waals surface area contributed by atoms with E-state index in [9.17, 15) is 4.79 Å². The first kappa shape index (κ1) is 14.6. The van der Waals surface area contributed by atoms with Crippen LogP contribution in [0.4, 0.5) is 0 Å². The van der Waals surface area contributed by atoms with Crippen LogP contribution in [-0.4, -0.2) is 13.0 Å².